The van der Waals surface area contributed by atoms with Gasteiger partial charge in [0.25, 0.3) is 10.0 Å². The van der Waals surface area contributed by atoms with Gasteiger partial charge in [-0.15, -0.1) is 0 Å². The zero-order valence-corrected chi connectivity index (χ0v) is 15.3. The summed E-state index contributed by atoms with van der Waals surface area (Å²) in [5.74, 6) is 0.583. The number of anilines is 1. The number of aryl methyl sites for hydroxylation is 1. The van der Waals surface area contributed by atoms with Gasteiger partial charge in [0.2, 0.25) is 0 Å². The first-order valence-electron chi connectivity index (χ1n) is 5.96. The Morgan fingerprint density at radius 3 is 2.48 bits per heavy atom. The van der Waals surface area contributed by atoms with E-state index < -0.39 is 10.0 Å². The molecule has 2 rings (SSSR count). The fourth-order valence-electron chi connectivity index (χ4n) is 1.73. The van der Waals surface area contributed by atoms with Gasteiger partial charge in [-0.25, -0.2) is 8.42 Å². The SMILES string of the molecule is COc1cccc(NS(=O)(=O)c2cc(Br)c(C)cc2Br)c1. The van der Waals surface area contributed by atoms with Gasteiger partial charge in [0.05, 0.1) is 12.8 Å². The number of halogens is 2. The highest BCUT2D eigenvalue weighted by Gasteiger charge is 2.19. The summed E-state index contributed by atoms with van der Waals surface area (Å²) in [5.41, 5.74) is 1.39. The van der Waals surface area contributed by atoms with E-state index in [9.17, 15) is 8.42 Å². The van der Waals surface area contributed by atoms with E-state index in [0.29, 0.717) is 15.9 Å². The van der Waals surface area contributed by atoms with Crippen LogP contribution in [0.25, 0.3) is 0 Å². The summed E-state index contributed by atoms with van der Waals surface area (Å²) >= 11 is 6.64. The largest absolute Gasteiger partial charge is 0.497 e. The van der Waals surface area contributed by atoms with Crippen molar-refractivity contribution >= 4 is 47.6 Å². The van der Waals surface area contributed by atoms with E-state index >= 15 is 0 Å². The second-order valence-corrected chi connectivity index (χ2v) is 7.73. The van der Waals surface area contributed by atoms with Gasteiger partial charge < -0.3 is 4.74 Å². The van der Waals surface area contributed by atoms with Crippen molar-refractivity contribution in [2.75, 3.05) is 11.8 Å². The van der Waals surface area contributed by atoms with E-state index in [2.05, 4.69) is 36.6 Å². The van der Waals surface area contributed by atoms with Crippen molar-refractivity contribution in [2.24, 2.45) is 0 Å². The fourth-order valence-corrected chi connectivity index (χ4v) is 4.46. The van der Waals surface area contributed by atoms with Crippen molar-refractivity contribution in [1.29, 1.82) is 0 Å². The number of benzene rings is 2. The van der Waals surface area contributed by atoms with Gasteiger partial charge in [-0.1, -0.05) is 22.0 Å². The van der Waals surface area contributed by atoms with Crippen LogP contribution in [0.5, 0.6) is 5.75 Å². The van der Waals surface area contributed by atoms with Gasteiger partial charge in [0.15, 0.2) is 0 Å². The maximum Gasteiger partial charge on any atom is 0.263 e. The van der Waals surface area contributed by atoms with Crippen molar-refractivity contribution in [2.45, 2.75) is 11.8 Å². The minimum Gasteiger partial charge on any atom is -0.497 e. The van der Waals surface area contributed by atoms with Crippen molar-refractivity contribution in [3.8, 4) is 5.75 Å². The second-order valence-electron chi connectivity index (χ2n) is 4.37. The molecule has 21 heavy (non-hydrogen) atoms. The molecule has 0 radical (unpaired) electrons. The fraction of sp³-hybridized carbons (Fsp3) is 0.143. The zero-order chi connectivity index (χ0) is 15.6. The summed E-state index contributed by atoms with van der Waals surface area (Å²) < 4.78 is 33.8. The summed E-state index contributed by atoms with van der Waals surface area (Å²) in [6.07, 6.45) is 0. The van der Waals surface area contributed by atoms with E-state index in [1.165, 1.54) is 7.11 Å². The lowest BCUT2D eigenvalue weighted by atomic mass is 10.2. The molecule has 7 heteroatoms. The Kier molecular flexibility index (Phi) is 4.95. The molecule has 0 bridgehead atoms. The Labute approximate surface area is 140 Å². The third-order valence-corrected chi connectivity index (χ3v) is 6.02. The Morgan fingerprint density at radius 2 is 1.81 bits per heavy atom. The van der Waals surface area contributed by atoms with E-state index in [1.807, 2.05) is 6.92 Å². The van der Waals surface area contributed by atoms with Crippen LogP contribution in [0.15, 0.2) is 50.2 Å². The highest BCUT2D eigenvalue weighted by Crippen LogP contribution is 2.30. The highest BCUT2D eigenvalue weighted by atomic mass is 79.9. The third-order valence-electron chi connectivity index (χ3n) is 2.82. The van der Waals surface area contributed by atoms with Crippen LogP contribution in [0.3, 0.4) is 0 Å². The molecule has 0 heterocycles. The first-order valence-corrected chi connectivity index (χ1v) is 9.03. The maximum absolute atomic E-state index is 12.5. The molecule has 4 nitrogen and oxygen atoms in total. The monoisotopic (exact) mass is 433 g/mol. The van der Waals surface area contributed by atoms with E-state index in [1.54, 1.807) is 36.4 Å². The average molecular weight is 435 g/mol. The second kappa shape index (κ2) is 6.37. The molecule has 2 aromatic carbocycles. The van der Waals surface area contributed by atoms with E-state index in [0.717, 1.165) is 10.0 Å². The van der Waals surface area contributed by atoms with Crippen molar-refractivity contribution in [1.82, 2.24) is 0 Å². The molecule has 0 aromatic heterocycles. The molecule has 0 aliphatic heterocycles. The summed E-state index contributed by atoms with van der Waals surface area (Å²) in [6.45, 7) is 1.89. The summed E-state index contributed by atoms with van der Waals surface area (Å²) in [6, 6.07) is 10.1. The molecular formula is C14H13Br2NO3S. The Balaban J connectivity index is 2.40. The number of nitrogens with one attached hydrogen (secondary N) is 1. The van der Waals surface area contributed by atoms with Crippen LogP contribution in [0.1, 0.15) is 5.56 Å². The van der Waals surface area contributed by atoms with Gasteiger partial charge in [-0.3, -0.25) is 4.72 Å². The quantitative estimate of drug-likeness (QED) is 0.778. The summed E-state index contributed by atoms with van der Waals surface area (Å²) in [7, 11) is -2.16. The normalized spacial score (nSPS) is 11.2. The molecule has 0 aliphatic carbocycles. The van der Waals surface area contributed by atoms with Crippen LogP contribution >= 0.6 is 31.9 Å². The average Bonchev–Trinajstić information content (AvgIpc) is 2.42. The van der Waals surface area contributed by atoms with Crippen LogP contribution in [-0.2, 0) is 10.0 Å². The predicted molar refractivity (Wildman–Crippen MR) is 90.4 cm³/mol. The molecule has 1 N–H and O–H groups in total. The topological polar surface area (TPSA) is 55.4 Å². The zero-order valence-electron chi connectivity index (χ0n) is 11.4. The van der Waals surface area contributed by atoms with Gasteiger partial charge >= 0.3 is 0 Å². The van der Waals surface area contributed by atoms with Gasteiger partial charge in [-0.2, -0.15) is 0 Å². The third kappa shape index (κ3) is 3.78. The molecule has 112 valence electrons. The number of sulfonamides is 1. The standard InChI is InChI=1S/C14H13Br2NO3S/c1-9-6-13(16)14(8-12(9)15)21(18,19)17-10-4-3-5-11(7-10)20-2/h3-8,17H,1-2H3. The van der Waals surface area contributed by atoms with E-state index in [4.69, 9.17) is 4.74 Å². The van der Waals surface area contributed by atoms with Gasteiger partial charge in [-0.05, 0) is 52.7 Å². The number of methoxy groups -OCH3 is 1. The molecule has 0 spiro atoms. The Hall–Kier alpha value is -1.05. The molecule has 2 aromatic rings. The lowest BCUT2D eigenvalue weighted by molar-refractivity contribution is 0.415. The number of hydrogen-bond donors (Lipinski definition) is 1. The minimum atomic E-state index is -3.69. The molecule has 0 amide bonds. The Morgan fingerprint density at radius 1 is 1.10 bits per heavy atom. The van der Waals surface area contributed by atoms with Crippen molar-refractivity contribution < 1.29 is 13.2 Å². The first-order chi connectivity index (χ1) is 9.83. The summed E-state index contributed by atoms with van der Waals surface area (Å²) in [4.78, 5) is 0.169. The molecule has 0 saturated heterocycles. The van der Waals surface area contributed by atoms with Crippen LogP contribution in [0.2, 0.25) is 0 Å². The van der Waals surface area contributed by atoms with Crippen molar-refractivity contribution in [3.63, 3.8) is 0 Å². The van der Waals surface area contributed by atoms with Crippen LogP contribution < -0.4 is 9.46 Å². The predicted octanol–water partition coefficient (Wildman–Crippen LogP) is 4.33. The van der Waals surface area contributed by atoms with Crippen LogP contribution in [0, 0.1) is 6.92 Å². The van der Waals surface area contributed by atoms with Crippen LogP contribution in [0.4, 0.5) is 5.69 Å². The molecule has 0 fully saturated rings. The molecule has 0 aliphatic rings. The highest BCUT2D eigenvalue weighted by molar-refractivity contribution is 9.11. The Bertz CT molecular complexity index is 776. The van der Waals surface area contributed by atoms with Crippen molar-refractivity contribution in [3.05, 3.63) is 50.9 Å². The number of ether oxygens (including phenoxy) is 1. The van der Waals surface area contributed by atoms with Gasteiger partial charge in [0.1, 0.15) is 10.6 Å². The van der Waals surface area contributed by atoms with Crippen LogP contribution in [-0.4, -0.2) is 15.5 Å². The molecule has 0 saturated carbocycles. The number of rotatable bonds is 4. The van der Waals surface area contributed by atoms with Gasteiger partial charge in [0, 0.05) is 15.0 Å². The molecular weight excluding hydrogens is 422 g/mol. The molecule has 0 unspecified atom stereocenters. The summed E-state index contributed by atoms with van der Waals surface area (Å²) in [5, 5.41) is 0. The lowest BCUT2D eigenvalue weighted by Gasteiger charge is -2.12. The maximum atomic E-state index is 12.5. The van der Waals surface area contributed by atoms with E-state index in [-0.39, 0.29) is 4.90 Å². The minimum absolute atomic E-state index is 0.169. The first kappa shape index (κ1) is 16.3. The molecule has 0 atom stereocenters. The number of hydrogen-bond acceptors (Lipinski definition) is 3. The lowest BCUT2D eigenvalue weighted by Crippen LogP contribution is -2.13. The smallest absolute Gasteiger partial charge is 0.263 e.